The molecule has 0 aliphatic rings. The van der Waals surface area contributed by atoms with E-state index in [2.05, 4.69) is 16.0 Å². The Labute approximate surface area is 131 Å². The van der Waals surface area contributed by atoms with Gasteiger partial charge < -0.3 is 21.7 Å². The van der Waals surface area contributed by atoms with Gasteiger partial charge in [0.2, 0.25) is 11.8 Å². The summed E-state index contributed by atoms with van der Waals surface area (Å²) in [5, 5.41) is 8.45. The summed E-state index contributed by atoms with van der Waals surface area (Å²) in [5.41, 5.74) is 7.58. The van der Waals surface area contributed by atoms with Crippen LogP contribution in [0.3, 0.4) is 0 Å². The summed E-state index contributed by atoms with van der Waals surface area (Å²) < 4.78 is 0. The molecule has 0 saturated heterocycles. The number of hydrogen-bond donors (Lipinski definition) is 4. The van der Waals surface area contributed by atoms with Crippen molar-refractivity contribution in [3.63, 3.8) is 0 Å². The molecule has 1 rings (SSSR count). The molecule has 0 spiro atoms. The highest BCUT2D eigenvalue weighted by Crippen LogP contribution is 2.10. The Kier molecular flexibility index (Phi) is 7.01. The molecule has 2 atom stereocenters. The number of carbonyl (C=O) groups excluding carboxylic acids is 2. The molecule has 0 saturated carbocycles. The van der Waals surface area contributed by atoms with Crippen molar-refractivity contribution >= 4 is 17.5 Å². The van der Waals surface area contributed by atoms with Gasteiger partial charge in [0.1, 0.15) is 6.04 Å². The van der Waals surface area contributed by atoms with Crippen molar-refractivity contribution in [3.05, 3.63) is 29.8 Å². The maximum Gasteiger partial charge on any atom is 0.246 e. The fourth-order valence-electron chi connectivity index (χ4n) is 1.84. The van der Waals surface area contributed by atoms with Crippen LogP contribution in [0, 0.1) is 5.92 Å². The van der Waals surface area contributed by atoms with Crippen LogP contribution in [0.1, 0.15) is 26.3 Å². The third kappa shape index (κ3) is 5.46. The zero-order valence-electron chi connectivity index (χ0n) is 13.6. The summed E-state index contributed by atoms with van der Waals surface area (Å²) in [5.74, 6) is -0.567. The molecule has 122 valence electrons. The number of amides is 2. The number of carbonyl (C=O) groups is 2. The van der Waals surface area contributed by atoms with Crippen LogP contribution in [0.4, 0.5) is 5.69 Å². The Morgan fingerprint density at radius 2 is 1.68 bits per heavy atom. The van der Waals surface area contributed by atoms with Gasteiger partial charge in [-0.1, -0.05) is 26.0 Å². The lowest BCUT2D eigenvalue weighted by Gasteiger charge is -2.19. The van der Waals surface area contributed by atoms with Crippen LogP contribution in [0.5, 0.6) is 0 Å². The third-order valence-electron chi connectivity index (χ3n) is 3.38. The minimum Gasteiger partial charge on any atom is -0.343 e. The average molecular weight is 306 g/mol. The highest BCUT2D eigenvalue weighted by molar-refractivity contribution is 5.97. The Hall–Kier alpha value is -1.92. The number of nitrogens with one attached hydrogen (secondary N) is 3. The van der Waals surface area contributed by atoms with Gasteiger partial charge in [-0.3, -0.25) is 9.59 Å². The summed E-state index contributed by atoms with van der Waals surface area (Å²) in [7, 11) is 1.88. The van der Waals surface area contributed by atoms with Gasteiger partial charge >= 0.3 is 0 Å². The molecular formula is C16H26N4O2. The Balaban J connectivity index is 2.55. The lowest BCUT2D eigenvalue weighted by atomic mass is 10.0. The maximum atomic E-state index is 12.1. The highest BCUT2D eigenvalue weighted by Gasteiger charge is 2.22. The SMILES string of the molecule is CNCc1ccc(NC(=O)[C@H](C)NC(=O)C(N)C(C)C)cc1. The smallest absolute Gasteiger partial charge is 0.246 e. The zero-order chi connectivity index (χ0) is 16.7. The summed E-state index contributed by atoms with van der Waals surface area (Å²) >= 11 is 0. The number of hydrogen-bond acceptors (Lipinski definition) is 4. The van der Waals surface area contributed by atoms with Crippen molar-refractivity contribution in [1.82, 2.24) is 10.6 Å². The molecule has 0 heterocycles. The summed E-state index contributed by atoms with van der Waals surface area (Å²) in [6.45, 7) is 6.13. The van der Waals surface area contributed by atoms with Gasteiger partial charge in [-0.05, 0) is 37.6 Å². The quantitative estimate of drug-likeness (QED) is 0.600. The lowest BCUT2D eigenvalue weighted by Crippen LogP contribution is -2.50. The molecule has 0 fully saturated rings. The molecule has 0 aromatic heterocycles. The Morgan fingerprint density at radius 1 is 1.09 bits per heavy atom. The monoisotopic (exact) mass is 306 g/mol. The van der Waals surface area contributed by atoms with Crippen LogP contribution in [0.15, 0.2) is 24.3 Å². The van der Waals surface area contributed by atoms with Crippen molar-refractivity contribution in [2.45, 2.75) is 39.4 Å². The average Bonchev–Trinajstić information content (AvgIpc) is 2.48. The number of anilines is 1. The van der Waals surface area contributed by atoms with Crippen molar-refractivity contribution in [1.29, 1.82) is 0 Å². The minimum absolute atomic E-state index is 0.0231. The molecule has 1 aromatic rings. The van der Waals surface area contributed by atoms with E-state index in [-0.39, 0.29) is 17.7 Å². The van der Waals surface area contributed by atoms with Crippen LogP contribution in [0.25, 0.3) is 0 Å². The first-order valence-electron chi connectivity index (χ1n) is 7.45. The molecule has 6 nitrogen and oxygen atoms in total. The van der Waals surface area contributed by atoms with E-state index in [0.29, 0.717) is 5.69 Å². The normalized spacial score (nSPS) is 13.5. The molecule has 5 N–H and O–H groups in total. The van der Waals surface area contributed by atoms with Gasteiger partial charge in [-0.25, -0.2) is 0 Å². The van der Waals surface area contributed by atoms with Crippen LogP contribution in [-0.4, -0.2) is 30.9 Å². The minimum atomic E-state index is -0.644. The van der Waals surface area contributed by atoms with E-state index in [9.17, 15) is 9.59 Å². The number of benzene rings is 1. The molecule has 0 aliphatic carbocycles. The molecule has 6 heteroatoms. The highest BCUT2D eigenvalue weighted by atomic mass is 16.2. The van der Waals surface area contributed by atoms with Gasteiger partial charge in [-0.2, -0.15) is 0 Å². The summed E-state index contributed by atoms with van der Waals surface area (Å²) in [6, 6.07) is 6.27. The van der Waals surface area contributed by atoms with E-state index in [1.807, 2.05) is 45.2 Å². The fraction of sp³-hybridized carbons (Fsp3) is 0.500. The van der Waals surface area contributed by atoms with Crippen LogP contribution >= 0.6 is 0 Å². The van der Waals surface area contributed by atoms with Gasteiger partial charge in [0.25, 0.3) is 0 Å². The van der Waals surface area contributed by atoms with E-state index < -0.39 is 12.1 Å². The molecule has 1 unspecified atom stereocenters. The van der Waals surface area contributed by atoms with E-state index in [4.69, 9.17) is 5.73 Å². The zero-order valence-corrected chi connectivity index (χ0v) is 13.6. The van der Waals surface area contributed by atoms with E-state index >= 15 is 0 Å². The molecular weight excluding hydrogens is 280 g/mol. The van der Waals surface area contributed by atoms with Gasteiger partial charge in [0.15, 0.2) is 0 Å². The second-order valence-electron chi connectivity index (χ2n) is 5.72. The maximum absolute atomic E-state index is 12.1. The first-order chi connectivity index (χ1) is 10.3. The lowest BCUT2D eigenvalue weighted by molar-refractivity contribution is -0.127. The third-order valence-corrected chi connectivity index (χ3v) is 3.38. The van der Waals surface area contributed by atoms with Crippen molar-refractivity contribution in [3.8, 4) is 0 Å². The molecule has 2 amide bonds. The Morgan fingerprint density at radius 3 is 2.18 bits per heavy atom. The predicted molar refractivity (Wildman–Crippen MR) is 88.3 cm³/mol. The second-order valence-corrected chi connectivity index (χ2v) is 5.72. The van der Waals surface area contributed by atoms with E-state index in [0.717, 1.165) is 12.1 Å². The van der Waals surface area contributed by atoms with Crippen molar-refractivity contribution < 1.29 is 9.59 Å². The summed E-state index contributed by atoms with van der Waals surface area (Å²) in [4.78, 5) is 23.9. The van der Waals surface area contributed by atoms with Crippen LogP contribution in [-0.2, 0) is 16.1 Å². The van der Waals surface area contributed by atoms with Crippen molar-refractivity contribution in [2.75, 3.05) is 12.4 Å². The van der Waals surface area contributed by atoms with Crippen LogP contribution < -0.4 is 21.7 Å². The van der Waals surface area contributed by atoms with Gasteiger partial charge in [0, 0.05) is 12.2 Å². The summed E-state index contributed by atoms with van der Waals surface area (Å²) in [6.07, 6.45) is 0. The molecule has 1 aromatic carbocycles. The second kappa shape index (κ2) is 8.51. The largest absolute Gasteiger partial charge is 0.343 e. The molecule has 22 heavy (non-hydrogen) atoms. The Bertz CT molecular complexity index is 499. The predicted octanol–water partition coefficient (Wildman–Crippen LogP) is 0.833. The molecule has 0 radical (unpaired) electrons. The number of rotatable bonds is 7. The fourth-order valence-corrected chi connectivity index (χ4v) is 1.84. The first-order valence-corrected chi connectivity index (χ1v) is 7.45. The van der Waals surface area contributed by atoms with Crippen molar-refractivity contribution in [2.24, 2.45) is 11.7 Å². The standard InChI is InChI=1S/C16H26N4O2/c1-10(2)14(17)16(22)19-11(3)15(21)20-13-7-5-12(6-8-13)9-18-4/h5-8,10-11,14,18H,9,17H2,1-4H3,(H,19,22)(H,20,21)/t11-,14?/m0/s1. The molecule has 0 bridgehead atoms. The van der Waals surface area contributed by atoms with Crippen LogP contribution in [0.2, 0.25) is 0 Å². The first kappa shape index (κ1) is 18.1. The topological polar surface area (TPSA) is 96.2 Å². The van der Waals surface area contributed by atoms with E-state index in [1.54, 1.807) is 6.92 Å². The van der Waals surface area contributed by atoms with Gasteiger partial charge in [0.05, 0.1) is 6.04 Å². The van der Waals surface area contributed by atoms with Gasteiger partial charge in [-0.15, -0.1) is 0 Å². The van der Waals surface area contributed by atoms with E-state index in [1.165, 1.54) is 0 Å². The molecule has 0 aliphatic heterocycles. The number of nitrogens with two attached hydrogens (primary N) is 1.